The van der Waals surface area contributed by atoms with Crippen LogP contribution in [0.25, 0.3) is 0 Å². The van der Waals surface area contributed by atoms with E-state index in [0.717, 1.165) is 12.0 Å². The van der Waals surface area contributed by atoms with Gasteiger partial charge in [-0.2, -0.15) is 0 Å². The summed E-state index contributed by atoms with van der Waals surface area (Å²) >= 11 is 0. The largest absolute Gasteiger partial charge is 0.392 e. The van der Waals surface area contributed by atoms with E-state index in [4.69, 9.17) is 5.11 Å². The molecule has 2 heteroatoms. The Bertz CT molecular complexity index is 321. The lowest BCUT2D eigenvalue weighted by atomic mass is 10.0. The molecule has 0 aromatic heterocycles. The third kappa shape index (κ3) is 3.53. The molecule has 0 saturated carbocycles. The molecule has 0 bridgehead atoms. The van der Waals surface area contributed by atoms with Crippen LogP contribution in [0.15, 0.2) is 18.2 Å². The summed E-state index contributed by atoms with van der Waals surface area (Å²) in [6.45, 7) is 2.35. The van der Waals surface area contributed by atoms with Crippen LogP contribution in [0.2, 0.25) is 0 Å². The number of hydrogen-bond acceptors (Lipinski definition) is 2. The zero-order valence-electron chi connectivity index (χ0n) is 10.7. The second-order valence-corrected chi connectivity index (χ2v) is 4.47. The van der Waals surface area contributed by atoms with Gasteiger partial charge in [0.1, 0.15) is 0 Å². The first-order valence-corrected chi connectivity index (χ1v) is 6.09. The Morgan fingerprint density at radius 2 is 1.94 bits per heavy atom. The summed E-state index contributed by atoms with van der Waals surface area (Å²) in [5.41, 5.74) is 3.61. The SMILES string of the molecule is CCCCCc1ccc(CO)cc1N(C)C. The van der Waals surface area contributed by atoms with Crippen LogP contribution in [0, 0.1) is 0 Å². The average molecular weight is 221 g/mol. The number of aliphatic hydroxyl groups is 1. The Morgan fingerprint density at radius 1 is 1.19 bits per heavy atom. The normalized spacial score (nSPS) is 10.5. The Morgan fingerprint density at radius 3 is 2.50 bits per heavy atom. The summed E-state index contributed by atoms with van der Waals surface area (Å²) in [7, 11) is 4.11. The highest BCUT2D eigenvalue weighted by Gasteiger charge is 2.05. The third-order valence-corrected chi connectivity index (χ3v) is 2.86. The van der Waals surface area contributed by atoms with Gasteiger partial charge >= 0.3 is 0 Å². The molecular weight excluding hydrogens is 198 g/mol. The molecule has 0 unspecified atom stereocenters. The summed E-state index contributed by atoms with van der Waals surface area (Å²) in [5.74, 6) is 0. The summed E-state index contributed by atoms with van der Waals surface area (Å²) < 4.78 is 0. The van der Waals surface area contributed by atoms with Gasteiger partial charge < -0.3 is 10.0 Å². The number of unbranched alkanes of at least 4 members (excludes halogenated alkanes) is 2. The maximum atomic E-state index is 9.13. The van der Waals surface area contributed by atoms with Crippen LogP contribution >= 0.6 is 0 Å². The fraction of sp³-hybridized carbons (Fsp3) is 0.571. The van der Waals surface area contributed by atoms with Gasteiger partial charge in [0, 0.05) is 19.8 Å². The fourth-order valence-corrected chi connectivity index (χ4v) is 1.90. The van der Waals surface area contributed by atoms with Crippen LogP contribution in [0.3, 0.4) is 0 Å². The van der Waals surface area contributed by atoms with E-state index in [1.165, 1.54) is 30.5 Å². The topological polar surface area (TPSA) is 23.5 Å². The van der Waals surface area contributed by atoms with Crippen molar-refractivity contribution in [1.29, 1.82) is 0 Å². The molecule has 90 valence electrons. The van der Waals surface area contributed by atoms with Crippen LogP contribution in [0.4, 0.5) is 5.69 Å². The summed E-state index contributed by atoms with van der Waals surface area (Å²) in [6.07, 6.45) is 4.92. The molecule has 0 fully saturated rings. The van der Waals surface area contributed by atoms with E-state index in [2.05, 4.69) is 38.1 Å². The van der Waals surface area contributed by atoms with Crippen molar-refractivity contribution in [3.05, 3.63) is 29.3 Å². The summed E-state index contributed by atoms with van der Waals surface area (Å²) in [5, 5.41) is 9.13. The van der Waals surface area contributed by atoms with Gasteiger partial charge in [0.15, 0.2) is 0 Å². The molecule has 1 N–H and O–H groups in total. The fourth-order valence-electron chi connectivity index (χ4n) is 1.90. The van der Waals surface area contributed by atoms with E-state index in [0.29, 0.717) is 0 Å². The number of anilines is 1. The molecule has 0 aliphatic heterocycles. The first kappa shape index (κ1) is 13.0. The van der Waals surface area contributed by atoms with E-state index in [1.54, 1.807) is 0 Å². The maximum Gasteiger partial charge on any atom is 0.0682 e. The van der Waals surface area contributed by atoms with Crippen LogP contribution in [0.5, 0.6) is 0 Å². The standard InChI is InChI=1S/C14H23NO/c1-4-5-6-7-13-9-8-12(11-16)10-14(13)15(2)3/h8-10,16H,4-7,11H2,1-3H3. The summed E-state index contributed by atoms with van der Waals surface area (Å²) in [4.78, 5) is 2.13. The monoisotopic (exact) mass is 221 g/mol. The van der Waals surface area contributed by atoms with Crippen LogP contribution in [-0.4, -0.2) is 19.2 Å². The smallest absolute Gasteiger partial charge is 0.0682 e. The Kier molecular flexibility index (Phi) is 5.33. The molecule has 2 nitrogen and oxygen atoms in total. The average Bonchev–Trinajstić information content (AvgIpc) is 2.29. The van der Waals surface area contributed by atoms with E-state index >= 15 is 0 Å². The highest BCUT2D eigenvalue weighted by molar-refractivity contribution is 5.54. The summed E-state index contributed by atoms with van der Waals surface area (Å²) in [6, 6.07) is 6.26. The molecule has 0 spiro atoms. The van der Waals surface area contributed by atoms with Crippen molar-refractivity contribution in [3.63, 3.8) is 0 Å². The number of hydrogen-bond donors (Lipinski definition) is 1. The lowest BCUT2D eigenvalue weighted by Gasteiger charge is -2.18. The van der Waals surface area contributed by atoms with Gasteiger partial charge in [-0.15, -0.1) is 0 Å². The first-order chi connectivity index (χ1) is 7.69. The van der Waals surface area contributed by atoms with Crippen molar-refractivity contribution in [2.75, 3.05) is 19.0 Å². The molecule has 0 radical (unpaired) electrons. The number of benzene rings is 1. The minimum atomic E-state index is 0.121. The number of rotatable bonds is 6. The van der Waals surface area contributed by atoms with Crippen molar-refractivity contribution >= 4 is 5.69 Å². The van der Waals surface area contributed by atoms with E-state index < -0.39 is 0 Å². The van der Waals surface area contributed by atoms with Gasteiger partial charge in [0.2, 0.25) is 0 Å². The lowest BCUT2D eigenvalue weighted by Crippen LogP contribution is -2.12. The molecule has 0 aliphatic carbocycles. The zero-order valence-corrected chi connectivity index (χ0v) is 10.7. The number of nitrogens with zero attached hydrogens (tertiary/aromatic N) is 1. The molecule has 1 aromatic carbocycles. The molecule has 0 heterocycles. The molecule has 0 saturated heterocycles. The highest BCUT2D eigenvalue weighted by atomic mass is 16.3. The molecule has 1 rings (SSSR count). The minimum Gasteiger partial charge on any atom is -0.392 e. The van der Waals surface area contributed by atoms with Crippen molar-refractivity contribution in [3.8, 4) is 0 Å². The second kappa shape index (κ2) is 6.54. The Hall–Kier alpha value is -1.02. The van der Waals surface area contributed by atoms with Crippen molar-refractivity contribution in [1.82, 2.24) is 0 Å². The Labute approximate surface area is 98.9 Å². The maximum absolute atomic E-state index is 9.13. The van der Waals surface area contributed by atoms with Crippen molar-refractivity contribution in [2.24, 2.45) is 0 Å². The number of aliphatic hydroxyl groups excluding tert-OH is 1. The van der Waals surface area contributed by atoms with Gasteiger partial charge in [-0.1, -0.05) is 31.9 Å². The van der Waals surface area contributed by atoms with E-state index in [9.17, 15) is 0 Å². The lowest BCUT2D eigenvalue weighted by molar-refractivity contribution is 0.282. The molecule has 0 aliphatic rings. The third-order valence-electron chi connectivity index (χ3n) is 2.86. The van der Waals surface area contributed by atoms with Gasteiger partial charge in [0.25, 0.3) is 0 Å². The molecule has 0 atom stereocenters. The quantitative estimate of drug-likeness (QED) is 0.746. The molecule has 16 heavy (non-hydrogen) atoms. The van der Waals surface area contributed by atoms with Gasteiger partial charge in [-0.3, -0.25) is 0 Å². The predicted molar refractivity (Wildman–Crippen MR) is 69.9 cm³/mol. The Balaban J connectivity index is 2.81. The van der Waals surface area contributed by atoms with Gasteiger partial charge in [-0.05, 0) is 30.0 Å². The highest BCUT2D eigenvalue weighted by Crippen LogP contribution is 2.22. The predicted octanol–water partition coefficient (Wildman–Crippen LogP) is 2.98. The number of aryl methyl sites for hydroxylation is 1. The zero-order chi connectivity index (χ0) is 12.0. The van der Waals surface area contributed by atoms with Crippen LogP contribution < -0.4 is 4.90 Å². The first-order valence-electron chi connectivity index (χ1n) is 6.09. The van der Waals surface area contributed by atoms with Gasteiger partial charge in [-0.25, -0.2) is 0 Å². The minimum absolute atomic E-state index is 0.121. The van der Waals surface area contributed by atoms with Gasteiger partial charge in [0.05, 0.1) is 6.61 Å². The molecule has 1 aromatic rings. The second-order valence-electron chi connectivity index (χ2n) is 4.47. The van der Waals surface area contributed by atoms with Crippen molar-refractivity contribution in [2.45, 2.75) is 39.2 Å². The van der Waals surface area contributed by atoms with Crippen LogP contribution in [-0.2, 0) is 13.0 Å². The van der Waals surface area contributed by atoms with Crippen molar-refractivity contribution < 1.29 is 5.11 Å². The molecular formula is C14H23NO. The van der Waals surface area contributed by atoms with E-state index in [-0.39, 0.29) is 6.61 Å². The van der Waals surface area contributed by atoms with E-state index in [1.807, 2.05) is 6.07 Å². The molecule has 0 amide bonds. The van der Waals surface area contributed by atoms with Crippen LogP contribution in [0.1, 0.15) is 37.3 Å².